The summed E-state index contributed by atoms with van der Waals surface area (Å²) in [5.74, 6) is 0. The van der Waals surface area contributed by atoms with Gasteiger partial charge in [-0.1, -0.05) is 45.4 Å². The summed E-state index contributed by atoms with van der Waals surface area (Å²) in [5, 5.41) is 11.6. The summed E-state index contributed by atoms with van der Waals surface area (Å²) in [6.07, 6.45) is 9.07. The number of azo groups is 1. The van der Waals surface area contributed by atoms with E-state index in [-0.39, 0.29) is 4.90 Å². The summed E-state index contributed by atoms with van der Waals surface area (Å²) in [5.41, 5.74) is 2.27. The Balaban J connectivity index is 1.74. The minimum atomic E-state index is -4.19. The first-order valence-electron chi connectivity index (χ1n) is 9.82. The van der Waals surface area contributed by atoms with Crippen molar-refractivity contribution in [3.05, 3.63) is 48.5 Å². The highest BCUT2D eigenvalue weighted by molar-refractivity contribution is 7.85. The molecule has 0 atom stereocenters. The van der Waals surface area contributed by atoms with E-state index < -0.39 is 10.1 Å². The SMILES string of the molecule is CCCCCCCCCNc1ccc(N=Nc2ccc(S(=O)(=O)O)cc2)cc1. The molecule has 0 radical (unpaired) electrons. The van der Waals surface area contributed by atoms with Crippen LogP contribution < -0.4 is 5.32 Å². The molecule has 0 fully saturated rings. The van der Waals surface area contributed by atoms with Gasteiger partial charge in [0, 0.05) is 12.2 Å². The molecular weight excluding hydrogens is 374 g/mol. The van der Waals surface area contributed by atoms with Crippen LogP contribution in [0.4, 0.5) is 17.1 Å². The summed E-state index contributed by atoms with van der Waals surface area (Å²) in [6.45, 7) is 3.20. The van der Waals surface area contributed by atoms with E-state index in [1.54, 1.807) is 0 Å². The van der Waals surface area contributed by atoms with Crippen molar-refractivity contribution in [2.24, 2.45) is 10.2 Å². The van der Waals surface area contributed by atoms with Crippen LogP contribution in [0.2, 0.25) is 0 Å². The van der Waals surface area contributed by atoms with Crippen molar-refractivity contribution >= 4 is 27.2 Å². The molecule has 0 amide bonds. The first kappa shape index (κ1) is 22.0. The van der Waals surface area contributed by atoms with E-state index in [0.29, 0.717) is 11.4 Å². The number of anilines is 1. The van der Waals surface area contributed by atoms with Crippen LogP contribution in [0.5, 0.6) is 0 Å². The molecule has 0 saturated heterocycles. The molecule has 28 heavy (non-hydrogen) atoms. The second-order valence-corrected chi connectivity index (χ2v) is 8.19. The van der Waals surface area contributed by atoms with Gasteiger partial charge in [0.1, 0.15) is 0 Å². The van der Waals surface area contributed by atoms with E-state index in [4.69, 9.17) is 4.55 Å². The maximum absolute atomic E-state index is 11.0. The van der Waals surface area contributed by atoms with Crippen molar-refractivity contribution in [3.8, 4) is 0 Å². The van der Waals surface area contributed by atoms with Crippen molar-refractivity contribution in [1.82, 2.24) is 0 Å². The fourth-order valence-electron chi connectivity index (χ4n) is 2.76. The molecule has 6 nitrogen and oxygen atoms in total. The number of benzene rings is 2. The third kappa shape index (κ3) is 8.19. The van der Waals surface area contributed by atoms with Gasteiger partial charge in [0.15, 0.2) is 0 Å². The van der Waals surface area contributed by atoms with Crippen LogP contribution in [-0.2, 0) is 10.1 Å². The van der Waals surface area contributed by atoms with Gasteiger partial charge in [0.25, 0.3) is 10.1 Å². The van der Waals surface area contributed by atoms with Gasteiger partial charge in [0.05, 0.1) is 16.3 Å². The van der Waals surface area contributed by atoms with Gasteiger partial charge in [-0.25, -0.2) is 0 Å². The van der Waals surface area contributed by atoms with Crippen LogP contribution in [0, 0.1) is 0 Å². The van der Waals surface area contributed by atoms with E-state index in [0.717, 1.165) is 12.2 Å². The van der Waals surface area contributed by atoms with Crippen molar-refractivity contribution < 1.29 is 13.0 Å². The third-order valence-electron chi connectivity index (χ3n) is 4.39. The summed E-state index contributed by atoms with van der Waals surface area (Å²) < 4.78 is 31.0. The summed E-state index contributed by atoms with van der Waals surface area (Å²) >= 11 is 0. The van der Waals surface area contributed by atoms with Crippen molar-refractivity contribution in [2.75, 3.05) is 11.9 Å². The van der Waals surface area contributed by atoms with Crippen LogP contribution in [-0.4, -0.2) is 19.5 Å². The lowest BCUT2D eigenvalue weighted by Gasteiger charge is -2.06. The quantitative estimate of drug-likeness (QED) is 0.240. The Hall–Kier alpha value is -2.25. The molecule has 2 aromatic carbocycles. The lowest BCUT2D eigenvalue weighted by molar-refractivity contribution is 0.483. The van der Waals surface area contributed by atoms with Crippen molar-refractivity contribution in [2.45, 2.75) is 56.8 Å². The molecule has 0 aliphatic heterocycles. The van der Waals surface area contributed by atoms with E-state index >= 15 is 0 Å². The second-order valence-electron chi connectivity index (χ2n) is 6.76. The number of nitrogens with one attached hydrogen (secondary N) is 1. The second kappa shape index (κ2) is 11.6. The smallest absolute Gasteiger partial charge is 0.294 e. The van der Waals surface area contributed by atoms with Crippen molar-refractivity contribution in [1.29, 1.82) is 0 Å². The Bertz CT molecular complexity index is 832. The first-order chi connectivity index (χ1) is 13.5. The van der Waals surface area contributed by atoms with Gasteiger partial charge in [-0.15, -0.1) is 0 Å². The zero-order chi connectivity index (χ0) is 20.2. The van der Waals surface area contributed by atoms with E-state index in [2.05, 4.69) is 22.5 Å². The highest BCUT2D eigenvalue weighted by atomic mass is 32.2. The Labute approximate surface area is 167 Å². The highest BCUT2D eigenvalue weighted by Gasteiger charge is 2.08. The summed E-state index contributed by atoms with van der Waals surface area (Å²) in [4.78, 5) is -0.164. The molecule has 2 aromatic rings. The Morgan fingerprint density at radius 3 is 1.82 bits per heavy atom. The molecule has 0 aliphatic rings. The molecule has 0 spiro atoms. The average Bonchev–Trinajstić information content (AvgIpc) is 2.69. The van der Waals surface area contributed by atoms with Gasteiger partial charge in [-0.2, -0.15) is 18.6 Å². The average molecular weight is 404 g/mol. The Morgan fingerprint density at radius 1 is 0.786 bits per heavy atom. The van der Waals surface area contributed by atoms with E-state index in [1.807, 2.05) is 24.3 Å². The van der Waals surface area contributed by atoms with E-state index in [9.17, 15) is 8.42 Å². The standard InChI is InChI=1S/C21H29N3O3S/c1-2-3-4-5-6-7-8-17-22-18-9-11-19(12-10-18)23-24-20-13-15-21(16-14-20)28(25,26)27/h9-16,22H,2-8,17H2,1H3,(H,25,26,27). The Kier molecular flexibility index (Phi) is 9.10. The summed E-state index contributed by atoms with van der Waals surface area (Å²) in [6, 6.07) is 13.3. The zero-order valence-electron chi connectivity index (χ0n) is 16.3. The molecule has 0 heterocycles. The largest absolute Gasteiger partial charge is 0.385 e. The van der Waals surface area contributed by atoms with Gasteiger partial charge in [0.2, 0.25) is 0 Å². The number of hydrogen-bond acceptors (Lipinski definition) is 5. The first-order valence-corrected chi connectivity index (χ1v) is 11.3. The Morgan fingerprint density at radius 2 is 1.29 bits per heavy atom. The number of unbranched alkanes of at least 4 members (excludes halogenated alkanes) is 6. The molecule has 0 aromatic heterocycles. The van der Waals surface area contributed by atoms with Gasteiger partial charge < -0.3 is 5.32 Å². The third-order valence-corrected chi connectivity index (χ3v) is 5.26. The molecule has 0 unspecified atom stereocenters. The topological polar surface area (TPSA) is 91.1 Å². The lowest BCUT2D eigenvalue weighted by atomic mass is 10.1. The fraction of sp³-hybridized carbons (Fsp3) is 0.429. The lowest BCUT2D eigenvalue weighted by Crippen LogP contribution is -2.00. The van der Waals surface area contributed by atoms with Gasteiger partial charge >= 0.3 is 0 Å². The van der Waals surface area contributed by atoms with Crippen LogP contribution in [0.1, 0.15) is 51.9 Å². The van der Waals surface area contributed by atoms with Crippen LogP contribution in [0.15, 0.2) is 63.7 Å². The van der Waals surface area contributed by atoms with Crippen LogP contribution in [0.25, 0.3) is 0 Å². The molecule has 2 rings (SSSR count). The molecule has 152 valence electrons. The molecule has 0 saturated carbocycles. The summed E-state index contributed by atoms with van der Waals surface area (Å²) in [7, 11) is -4.19. The van der Waals surface area contributed by atoms with Crippen LogP contribution in [0.3, 0.4) is 0 Å². The maximum Gasteiger partial charge on any atom is 0.294 e. The molecule has 2 N–H and O–H groups in total. The molecule has 0 aliphatic carbocycles. The monoisotopic (exact) mass is 403 g/mol. The minimum absolute atomic E-state index is 0.164. The molecule has 0 bridgehead atoms. The number of nitrogens with zero attached hydrogens (tertiary/aromatic N) is 2. The van der Waals surface area contributed by atoms with E-state index in [1.165, 1.54) is 69.2 Å². The van der Waals surface area contributed by atoms with Gasteiger partial charge in [-0.3, -0.25) is 4.55 Å². The van der Waals surface area contributed by atoms with Crippen LogP contribution >= 0.6 is 0 Å². The van der Waals surface area contributed by atoms with Gasteiger partial charge in [-0.05, 0) is 55.0 Å². The zero-order valence-corrected chi connectivity index (χ0v) is 17.2. The predicted molar refractivity (Wildman–Crippen MR) is 113 cm³/mol. The predicted octanol–water partition coefficient (Wildman–Crippen LogP) is 6.51. The number of rotatable bonds is 12. The number of hydrogen-bond donors (Lipinski definition) is 2. The highest BCUT2D eigenvalue weighted by Crippen LogP contribution is 2.21. The molecule has 7 heteroatoms. The maximum atomic E-state index is 11.0. The minimum Gasteiger partial charge on any atom is -0.385 e. The fourth-order valence-corrected chi connectivity index (χ4v) is 3.24. The van der Waals surface area contributed by atoms with Crippen molar-refractivity contribution in [3.63, 3.8) is 0 Å². The molecular formula is C21H29N3O3S. The normalized spacial score (nSPS) is 11.8.